The third kappa shape index (κ3) is 2.71. The molecule has 118 valence electrons. The smallest absolute Gasteiger partial charge is 0.267 e. The topological polar surface area (TPSA) is 86.9 Å². The fourth-order valence-electron chi connectivity index (χ4n) is 3.08. The van der Waals surface area contributed by atoms with Gasteiger partial charge in [0, 0.05) is 11.1 Å². The number of nitrogens with one attached hydrogen (secondary N) is 1. The van der Waals surface area contributed by atoms with Gasteiger partial charge in [-0.2, -0.15) is 5.26 Å². The number of carbonyl (C=O) groups excluding carboxylic acids is 1. The van der Waals surface area contributed by atoms with Crippen molar-refractivity contribution in [2.45, 2.75) is 6.92 Å². The van der Waals surface area contributed by atoms with Crippen LogP contribution >= 0.6 is 0 Å². The van der Waals surface area contributed by atoms with E-state index in [1.54, 1.807) is 4.90 Å². The molecule has 1 amide bonds. The molecular weight excluding hydrogens is 290 g/mol. The molecule has 6 nitrogen and oxygen atoms in total. The highest BCUT2D eigenvalue weighted by atomic mass is 16.2. The second-order valence-electron chi connectivity index (χ2n) is 5.77. The maximum atomic E-state index is 12.8. The minimum absolute atomic E-state index is 0.0813. The highest BCUT2D eigenvalue weighted by Gasteiger charge is 2.30. The van der Waals surface area contributed by atoms with Gasteiger partial charge in [0.2, 0.25) is 0 Å². The van der Waals surface area contributed by atoms with Crippen molar-refractivity contribution in [3.05, 3.63) is 41.0 Å². The summed E-state index contributed by atoms with van der Waals surface area (Å²) in [6.07, 6.45) is 0. The maximum Gasteiger partial charge on any atom is 0.267 e. The Morgan fingerprint density at radius 1 is 1.35 bits per heavy atom. The molecule has 0 unspecified atom stereocenters. The van der Waals surface area contributed by atoms with E-state index in [0.717, 1.165) is 30.8 Å². The summed E-state index contributed by atoms with van der Waals surface area (Å²) >= 11 is 0. The second kappa shape index (κ2) is 6.23. The van der Waals surface area contributed by atoms with Gasteiger partial charge in [0.1, 0.15) is 17.5 Å². The summed E-state index contributed by atoms with van der Waals surface area (Å²) in [6, 6.07) is 9.47. The van der Waals surface area contributed by atoms with Crippen molar-refractivity contribution in [3.63, 3.8) is 0 Å². The zero-order chi connectivity index (χ0) is 16.4. The van der Waals surface area contributed by atoms with Gasteiger partial charge in [0.05, 0.1) is 38.4 Å². The van der Waals surface area contributed by atoms with E-state index in [-0.39, 0.29) is 11.5 Å². The van der Waals surface area contributed by atoms with Gasteiger partial charge in [0.15, 0.2) is 0 Å². The molecule has 1 saturated heterocycles. The number of nitrogens with two attached hydrogens (primary N) is 1. The van der Waals surface area contributed by atoms with Gasteiger partial charge in [0.25, 0.3) is 5.91 Å². The molecule has 2 aliphatic heterocycles. The van der Waals surface area contributed by atoms with Crippen LogP contribution in [0, 0.1) is 11.3 Å². The third-order valence-electron chi connectivity index (χ3n) is 4.51. The highest BCUT2D eigenvalue weighted by Crippen LogP contribution is 2.30. The van der Waals surface area contributed by atoms with Gasteiger partial charge in [-0.25, -0.2) is 4.99 Å². The lowest BCUT2D eigenvalue weighted by Crippen LogP contribution is -3.14. The molecule has 1 aromatic rings. The number of piperazine rings is 1. The summed E-state index contributed by atoms with van der Waals surface area (Å²) in [5, 5.41) is 9.53. The first-order valence-corrected chi connectivity index (χ1v) is 7.86. The van der Waals surface area contributed by atoms with Gasteiger partial charge in [-0.15, -0.1) is 0 Å². The Bertz CT molecular complexity index is 736. The number of amidine groups is 1. The van der Waals surface area contributed by atoms with Crippen LogP contribution in [0.25, 0.3) is 5.70 Å². The highest BCUT2D eigenvalue weighted by molar-refractivity contribution is 6.14. The van der Waals surface area contributed by atoms with Crippen molar-refractivity contribution >= 4 is 17.4 Å². The fraction of sp³-hybridized carbons (Fsp3) is 0.353. The van der Waals surface area contributed by atoms with Crippen LogP contribution in [-0.2, 0) is 4.79 Å². The van der Waals surface area contributed by atoms with Gasteiger partial charge in [-0.1, -0.05) is 24.3 Å². The van der Waals surface area contributed by atoms with Crippen LogP contribution in [0.15, 0.2) is 34.8 Å². The number of amides is 1. The lowest BCUT2D eigenvalue weighted by molar-refractivity contribution is -0.902. The molecular formula is C17H20N5O+. The number of fused-ring (bicyclic) bond motifs is 1. The number of hydrogen-bond acceptors (Lipinski definition) is 4. The molecule has 0 aliphatic carbocycles. The van der Waals surface area contributed by atoms with E-state index >= 15 is 0 Å². The Morgan fingerprint density at radius 2 is 2.00 bits per heavy atom. The van der Waals surface area contributed by atoms with E-state index in [1.807, 2.05) is 30.3 Å². The van der Waals surface area contributed by atoms with Gasteiger partial charge < -0.3 is 15.5 Å². The van der Waals surface area contributed by atoms with Crippen LogP contribution < -0.4 is 10.6 Å². The second-order valence-corrected chi connectivity index (χ2v) is 5.77. The van der Waals surface area contributed by atoms with Crippen LogP contribution in [0.2, 0.25) is 0 Å². The number of quaternary nitrogens is 1. The molecule has 3 N–H and O–H groups in total. The van der Waals surface area contributed by atoms with Crippen molar-refractivity contribution in [1.29, 1.82) is 5.26 Å². The summed E-state index contributed by atoms with van der Waals surface area (Å²) in [5.74, 6) is 0.113. The van der Waals surface area contributed by atoms with Crippen molar-refractivity contribution < 1.29 is 9.69 Å². The van der Waals surface area contributed by atoms with Crippen LogP contribution in [-0.4, -0.2) is 49.4 Å². The molecule has 0 radical (unpaired) electrons. The number of likely N-dealkylation sites (N-methyl/N-ethyl adjacent to an activating group) is 1. The normalized spacial score (nSPS) is 19.8. The third-order valence-corrected chi connectivity index (χ3v) is 4.51. The molecule has 2 aliphatic rings. The van der Waals surface area contributed by atoms with Crippen molar-refractivity contribution in [2.24, 2.45) is 10.7 Å². The Balaban J connectivity index is 1.92. The molecule has 0 bridgehead atoms. The number of carbonyl (C=O) groups is 1. The van der Waals surface area contributed by atoms with Crippen molar-refractivity contribution in [3.8, 4) is 6.07 Å². The van der Waals surface area contributed by atoms with Gasteiger partial charge >= 0.3 is 0 Å². The Labute approximate surface area is 135 Å². The molecule has 23 heavy (non-hydrogen) atoms. The molecule has 0 spiro atoms. The zero-order valence-corrected chi connectivity index (χ0v) is 13.2. The van der Waals surface area contributed by atoms with Crippen molar-refractivity contribution in [1.82, 2.24) is 4.90 Å². The van der Waals surface area contributed by atoms with E-state index in [4.69, 9.17) is 5.73 Å². The number of nitrogens with zero attached hydrogens (tertiary/aromatic N) is 3. The summed E-state index contributed by atoms with van der Waals surface area (Å²) in [6.45, 7) is 6.37. The number of rotatable bonds is 2. The first-order chi connectivity index (χ1) is 11.2. The largest absolute Gasteiger partial charge is 0.383 e. The SMILES string of the molecule is CC[NH+]1CCN(C(=O)/C(C#N)=C2/N=C(N)c3ccccc32)CC1. The minimum Gasteiger partial charge on any atom is -0.383 e. The average Bonchev–Trinajstić information content (AvgIpc) is 2.93. The zero-order valence-electron chi connectivity index (χ0n) is 13.2. The van der Waals surface area contributed by atoms with Crippen LogP contribution in [0.3, 0.4) is 0 Å². The molecule has 0 aromatic heterocycles. The summed E-state index contributed by atoms with van der Waals surface area (Å²) in [5.41, 5.74) is 7.94. The number of benzene rings is 1. The van der Waals surface area contributed by atoms with E-state index in [9.17, 15) is 10.1 Å². The molecule has 1 aromatic carbocycles. The number of nitriles is 1. The minimum atomic E-state index is -0.245. The summed E-state index contributed by atoms with van der Waals surface area (Å²) < 4.78 is 0. The lowest BCUT2D eigenvalue weighted by Gasteiger charge is -2.31. The van der Waals surface area contributed by atoms with Crippen LogP contribution in [0.1, 0.15) is 18.1 Å². The van der Waals surface area contributed by atoms with Gasteiger partial charge in [-0.05, 0) is 6.92 Å². The molecule has 6 heteroatoms. The molecule has 3 rings (SSSR count). The monoisotopic (exact) mass is 310 g/mol. The van der Waals surface area contributed by atoms with E-state index in [0.29, 0.717) is 24.6 Å². The van der Waals surface area contributed by atoms with E-state index in [1.165, 1.54) is 4.90 Å². The maximum absolute atomic E-state index is 12.8. The molecule has 0 atom stereocenters. The molecule has 1 fully saturated rings. The summed E-state index contributed by atoms with van der Waals surface area (Å²) in [7, 11) is 0. The quantitative estimate of drug-likeness (QED) is 0.564. The first kappa shape index (κ1) is 15.3. The average molecular weight is 310 g/mol. The number of hydrogen-bond donors (Lipinski definition) is 2. The lowest BCUT2D eigenvalue weighted by atomic mass is 10.0. The van der Waals surface area contributed by atoms with E-state index in [2.05, 4.69) is 11.9 Å². The fourth-order valence-corrected chi connectivity index (χ4v) is 3.08. The molecule has 0 saturated carbocycles. The Morgan fingerprint density at radius 3 is 2.61 bits per heavy atom. The molecule has 2 heterocycles. The van der Waals surface area contributed by atoms with E-state index < -0.39 is 0 Å². The van der Waals surface area contributed by atoms with Crippen molar-refractivity contribution in [2.75, 3.05) is 32.7 Å². The van der Waals surface area contributed by atoms with Gasteiger partial charge in [-0.3, -0.25) is 4.79 Å². The Kier molecular flexibility index (Phi) is 4.13. The first-order valence-electron chi connectivity index (χ1n) is 7.86. The standard InChI is InChI=1S/C17H19N5O/c1-2-21-7-9-22(10-8-21)17(23)14(11-18)15-12-5-3-4-6-13(12)16(19)20-15/h3-6H,2,7-10H2,1H3,(H2,19,20)/p+1/b15-14+. The Hall–Kier alpha value is -2.65. The van der Waals surface area contributed by atoms with Crippen LogP contribution in [0.4, 0.5) is 0 Å². The predicted octanol–water partition coefficient (Wildman–Crippen LogP) is -0.613. The summed E-state index contributed by atoms with van der Waals surface area (Å²) in [4.78, 5) is 20.3. The predicted molar refractivity (Wildman–Crippen MR) is 87.5 cm³/mol. The number of aliphatic imine (C=N–C) groups is 1. The van der Waals surface area contributed by atoms with Crippen LogP contribution in [0.5, 0.6) is 0 Å².